The zero-order valence-electron chi connectivity index (χ0n) is 41.5. The highest BCUT2D eigenvalue weighted by atomic mass is 16.2. The summed E-state index contributed by atoms with van der Waals surface area (Å²) in [6.45, 7) is 0. The predicted molar refractivity (Wildman–Crippen MR) is 313 cm³/mol. The van der Waals surface area contributed by atoms with Crippen LogP contribution in [0.5, 0.6) is 0 Å². The Balaban J connectivity index is 0.000000136. The van der Waals surface area contributed by atoms with E-state index in [2.05, 4.69) is 127 Å². The summed E-state index contributed by atoms with van der Waals surface area (Å²) in [5.41, 5.74) is 29.2. The highest BCUT2D eigenvalue weighted by Crippen LogP contribution is 2.36. The molecule has 4 N–H and O–H groups in total. The lowest BCUT2D eigenvalue weighted by atomic mass is 10.2. The van der Waals surface area contributed by atoms with E-state index < -0.39 is 0 Å². The van der Waals surface area contributed by atoms with E-state index in [-0.39, 0.29) is 11.4 Å². The van der Waals surface area contributed by atoms with E-state index in [9.17, 15) is 9.59 Å². The van der Waals surface area contributed by atoms with Crippen LogP contribution in [0.4, 0.5) is 11.4 Å². The lowest BCUT2D eigenvalue weighted by molar-refractivity contribution is 0.922. The van der Waals surface area contributed by atoms with Crippen LogP contribution in [0.1, 0.15) is 0 Å². The Morgan fingerprint density at radius 2 is 0.526 bits per heavy atom. The van der Waals surface area contributed by atoms with E-state index in [0.29, 0.717) is 33.8 Å². The average Bonchev–Trinajstić information content (AvgIpc) is 4.43. The van der Waals surface area contributed by atoms with Gasteiger partial charge in [0.05, 0.1) is 100 Å². The van der Waals surface area contributed by atoms with Crippen LogP contribution in [0.2, 0.25) is 0 Å². The molecule has 0 fully saturated rings. The first-order valence-electron chi connectivity index (χ1n) is 25.5. The van der Waals surface area contributed by atoms with Crippen LogP contribution in [-0.2, 0) is 0 Å². The average molecular weight is 1010 g/mol. The van der Waals surface area contributed by atoms with Crippen molar-refractivity contribution in [3.63, 3.8) is 0 Å². The van der Waals surface area contributed by atoms with E-state index in [1.807, 2.05) is 121 Å². The quantitative estimate of drug-likeness (QED) is 0.158. The molecular weight excluding hydrogens is 969 g/mol. The Labute approximate surface area is 442 Å². The second-order valence-electron chi connectivity index (χ2n) is 19.2. The zero-order valence-corrected chi connectivity index (χ0v) is 41.5. The Morgan fingerprint density at radius 1 is 0.269 bits per heavy atom. The highest BCUT2D eigenvalue weighted by Gasteiger charge is 2.24. The van der Waals surface area contributed by atoms with Crippen LogP contribution in [0, 0.1) is 0 Å². The summed E-state index contributed by atoms with van der Waals surface area (Å²) < 4.78 is 15.4. The Morgan fingerprint density at radius 3 is 0.846 bits per heavy atom. The van der Waals surface area contributed by atoms with Gasteiger partial charge in [0.25, 0.3) is 0 Å². The molecule has 10 aromatic carbocycles. The predicted octanol–water partition coefficient (Wildman–Crippen LogP) is 12.2. The van der Waals surface area contributed by atoms with Crippen molar-refractivity contribution in [2.24, 2.45) is 0 Å². The number of nitrogens with two attached hydrogens (primary N) is 2. The van der Waals surface area contributed by atoms with Crippen molar-refractivity contribution in [1.82, 2.24) is 46.2 Å². The molecule has 0 saturated carbocycles. The molecule has 14 nitrogen and oxygen atoms in total. The van der Waals surface area contributed by atoms with Crippen molar-refractivity contribution in [2.45, 2.75) is 0 Å². The molecule has 6 aromatic heterocycles. The second-order valence-corrected chi connectivity index (χ2v) is 19.2. The van der Waals surface area contributed by atoms with Crippen molar-refractivity contribution >= 4 is 89.1 Å². The third kappa shape index (κ3) is 6.56. The lowest BCUT2D eigenvalue weighted by Gasteiger charge is -2.13. The number of anilines is 2. The highest BCUT2D eigenvalue weighted by molar-refractivity contribution is 6.01. The monoisotopic (exact) mass is 1010 g/mol. The Bertz CT molecular complexity index is 4830. The van der Waals surface area contributed by atoms with Gasteiger partial charge in [0, 0.05) is 11.4 Å². The summed E-state index contributed by atoms with van der Waals surface area (Å²) in [6, 6.07) is 79.5. The van der Waals surface area contributed by atoms with Crippen molar-refractivity contribution < 1.29 is 0 Å². The van der Waals surface area contributed by atoms with E-state index >= 15 is 0 Å². The summed E-state index contributed by atoms with van der Waals surface area (Å²) >= 11 is 0. The molecule has 16 rings (SSSR count). The van der Waals surface area contributed by atoms with Crippen LogP contribution in [0.25, 0.3) is 112 Å². The molecule has 6 heterocycles. The minimum absolute atomic E-state index is 0.274. The molecular formula is C64H44N12O2. The standard InChI is InChI=1S/C32H24N6O2.C32H20N6/c33-23-20-30(38-28-18-10-8-16-26(28)36(32(38)40)22-13-5-2-6-14-22)24(34)19-29(23)37-27-17-9-7-15-25(27)35(31(37)39)21-11-3-1-4-12-21;1-3-11-21(12-4-1)35-25-15-7-9-17-27(25)37-29-20-24-30(19-23(29)33-31(35)37)38-28-18-10-8-16-26(28)36(32(38)34-24)22-13-5-2-6-14-22/h1-20H,33-34H2;1-20H. The smallest absolute Gasteiger partial charge is 0.338 e. The minimum Gasteiger partial charge on any atom is -0.397 e. The number of aromatic nitrogens is 10. The number of hydrogen-bond donors (Lipinski definition) is 2. The number of fused-ring (bicyclic) bond motifs is 12. The minimum atomic E-state index is -0.274. The van der Waals surface area contributed by atoms with Gasteiger partial charge >= 0.3 is 11.4 Å². The van der Waals surface area contributed by atoms with Gasteiger partial charge in [0.2, 0.25) is 11.6 Å². The van der Waals surface area contributed by atoms with Gasteiger partial charge in [0.1, 0.15) is 0 Å². The maximum absolute atomic E-state index is 13.9. The van der Waals surface area contributed by atoms with E-state index in [1.165, 1.54) is 0 Å². The fraction of sp³-hybridized carbons (Fsp3) is 0. The topological polar surface area (TPSA) is 150 Å². The molecule has 0 aliphatic rings. The van der Waals surface area contributed by atoms with Crippen LogP contribution < -0.4 is 22.8 Å². The number of benzene rings is 10. The zero-order chi connectivity index (χ0) is 52.2. The molecule has 0 unspecified atom stereocenters. The van der Waals surface area contributed by atoms with Gasteiger partial charge in [-0.2, -0.15) is 0 Å². The van der Waals surface area contributed by atoms with Gasteiger partial charge in [0.15, 0.2) is 0 Å². The largest absolute Gasteiger partial charge is 0.397 e. The fourth-order valence-electron chi connectivity index (χ4n) is 11.4. The third-order valence-corrected chi connectivity index (χ3v) is 14.7. The SMILES string of the molecule is Nc1cc(-n2c(=O)n(-c3ccccc3)c3ccccc32)c(N)cc1-n1c(=O)n(-c2ccccc2)c2ccccc21.c1ccc(-n2c3ccccc3n3c4cc5nc6n(-c7ccccc7)c7ccccc7n6c5cc4nc23)cc1. The van der Waals surface area contributed by atoms with E-state index in [1.54, 1.807) is 30.4 Å². The molecule has 0 radical (unpaired) electrons. The van der Waals surface area contributed by atoms with Gasteiger partial charge in [-0.3, -0.25) is 36.2 Å². The Kier molecular flexibility index (Phi) is 9.80. The fourth-order valence-corrected chi connectivity index (χ4v) is 11.4. The van der Waals surface area contributed by atoms with Gasteiger partial charge in [-0.25, -0.2) is 19.6 Å². The van der Waals surface area contributed by atoms with Crippen LogP contribution in [-0.4, -0.2) is 46.2 Å². The van der Waals surface area contributed by atoms with Crippen molar-refractivity contribution in [2.75, 3.05) is 11.5 Å². The van der Waals surface area contributed by atoms with E-state index in [0.717, 1.165) is 89.5 Å². The molecule has 14 heteroatoms. The number of para-hydroxylation sites is 12. The van der Waals surface area contributed by atoms with Crippen molar-refractivity contribution in [1.29, 1.82) is 0 Å². The summed E-state index contributed by atoms with van der Waals surface area (Å²) in [5.74, 6) is 1.79. The van der Waals surface area contributed by atoms with Crippen LogP contribution >= 0.6 is 0 Å². The Hall–Kier alpha value is -11.1. The first-order valence-corrected chi connectivity index (χ1v) is 25.5. The number of imidazole rings is 6. The van der Waals surface area contributed by atoms with Gasteiger partial charge < -0.3 is 11.5 Å². The molecule has 0 bridgehead atoms. The van der Waals surface area contributed by atoms with Gasteiger partial charge in [-0.1, -0.05) is 121 Å². The molecule has 0 aliphatic carbocycles. The van der Waals surface area contributed by atoms with Crippen LogP contribution in [0.15, 0.2) is 252 Å². The van der Waals surface area contributed by atoms with E-state index in [4.69, 9.17) is 21.4 Å². The number of nitrogen functional groups attached to an aromatic ring is 2. The maximum Gasteiger partial charge on any atom is 0.338 e. The number of rotatable bonds is 6. The van der Waals surface area contributed by atoms with Crippen LogP contribution in [0.3, 0.4) is 0 Å². The molecule has 0 spiro atoms. The lowest BCUT2D eigenvalue weighted by Crippen LogP contribution is -2.24. The van der Waals surface area contributed by atoms with Gasteiger partial charge in [-0.15, -0.1) is 0 Å². The summed E-state index contributed by atoms with van der Waals surface area (Å²) in [4.78, 5) is 38.1. The normalized spacial score (nSPS) is 11.8. The second kappa shape index (κ2) is 17.2. The van der Waals surface area contributed by atoms with Crippen molar-refractivity contribution in [3.05, 3.63) is 264 Å². The molecule has 0 atom stereocenters. The number of hydrogen-bond acceptors (Lipinski definition) is 6. The first kappa shape index (κ1) is 44.4. The third-order valence-electron chi connectivity index (χ3n) is 14.7. The summed E-state index contributed by atoms with van der Waals surface area (Å²) in [7, 11) is 0. The summed E-state index contributed by atoms with van der Waals surface area (Å²) in [5, 5.41) is 0. The number of nitrogens with zero attached hydrogens (tertiary/aromatic N) is 10. The molecule has 0 saturated heterocycles. The summed E-state index contributed by atoms with van der Waals surface area (Å²) in [6.07, 6.45) is 0. The molecule has 0 amide bonds. The molecule has 372 valence electrons. The van der Waals surface area contributed by atoms with Gasteiger partial charge in [-0.05, 0) is 121 Å². The molecule has 0 aliphatic heterocycles. The molecule has 16 aromatic rings. The first-order chi connectivity index (χ1) is 38.4. The maximum atomic E-state index is 13.9. The molecule has 78 heavy (non-hydrogen) atoms. The van der Waals surface area contributed by atoms with Crippen molar-refractivity contribution in [3.8, 4) is 34.1 Å².